The van der Waals surface area contributed by atoms with Crippen molar-refractivity contribution in [3.63, 3.8) is 0 Å². The van der Waals surface area contributed by atoms with Gasteiger partial charge in [0.05, 0.1) is 6.54 Å². The molecule has 1 fully saturated rings. The van der Waals surface area contributed by atoms with Gasteiger partial charge in [0.15, 0.2) is 0 Å². The van der Waals surface area contributed by atoms with E-state index in [1.165, 1.54) is 18.5 Å². The number of piperazine rings is 1. The lowest BCUT2D eigenvalue weighted by Gasteiger charge is -2.36. The van der Waals surface area contributed by atoms with Crippen molar-refractivity contribution in [3.05, 3.63) is 78.1 Å². The molecule has 0 bridgehead atoms. The maximum atomic E-state index is 13.1. The molecule has 0 saturated carbocycles. The Balaban J connectivity index is 1.35. The van der Waals surface area contributed by atoms with Gasteiger partial charge in [-0.15, -0.1) is 0 Å². The zero-order chi connectivity index (χ0) is 18.6. The minimum absolute atomic E-state index is 0.0426. The van der Waals surface area contributed by atoms with Gasteiger partial charge in [0.25, 0.3) is 5.91 Å². The molecule has 1 aliphatic heterocycles. The highest BCUT2D eigenvalue weighted by Crippen LogP contribution is 2.18. The molecule has 138 valence electrons. The van der Waals surface area contributed by atoms with Crippen LogP contribution in [0.15, 0.2) is 61.2 Å². The number of hydrogen-bond donors (Lipinski definition) is 0. The summed E-state index contributed by atoms with van der Waals surface area (Å²) < 4.78 is 14.8. The van der Waals surface area contributed by atoms with Gasteiger partial charge >= 0.3 is 0 Å². The Hall–Kier alpha value is -3.22. The van der Waals surface area contributed by atoms with Crippen LogP contribution < -0.4 is 4.90 Å². The standard InChI is InChI=1S/C20H20FN5O/c21-18-5-7-19(8-6-18)24-9-11-25(12-10-24)20(27)17-3-1-16(2-4-17)13-26-15-22-14-23-26/h1-8,14-15H,9-13H2. The number of carbonyl (C=O) groups is 1. The fourth-order valence-corrected chi connectivity index (χ4v) is 3.26. The van der Waals surface area contributed by atoms with E-state index in [9.17, 15) is 9.18 Å². The lowest BCUT2D eigenvalue weighted by Crippen LogP contribution is -2.48. The summed E-state index contributed by atoms with van der Waals surface area (Å²) in [7, 11) is 0. The molecular weight excluding hydrogens is 345 g/mol. The molecule has 2 heterocycles. The van der Waals surface area contributed by atoms with Crippen LogP contribution in [-0.4, -0.2) is 51.8 Å². The van der Waals surface area contributed by atoms with Crippen LogP contribution in [0.2, 0.25) is 0 Å². The summed E-state index contributed by atoms with van der Waals surface area (Å²) in [5.41, 5.74) is 2.74. The number of halogens is 1. The van der Waals surface area contributed by atoms with Crippen molar-refractivity contribution in [2.24, 2.45) is 0 Å². The first-order chi connectivity index (χ1) is 13.2. The zero-order valence-corrected chi connectivity index (χ0v) is 14.8. The van der Waals surface area contributed by atoms with E-state index in [2.05, 4.69) is 15.0 Å². The molecule has 7 heteroatoms. The number of benzene rings is 2. The molecule has 6 nitrogen and oxygen atoms in total. The van der Waals surface area contributed by atoms with Crippen molar-refractivity contribution in [1.29, 1.82) is 0 Å². The van der Waals surface area contributed by atoms with Crippen LogP contribution in [0.4, 0.5) is 10.1 Å². The van der Waals surface area contributed by atoms with E-state index >= 15 is 0 Å². The van der Waals surface area contributed by atoms with Crippen LogP contribution in [0.1, 0.15) is 15.9 Å². The average molecular weight is 365 g/mol. The summed E-state index contributed by atoms with van der Waals surface area (Å²) >= 11 is 0. The highest BCUT2D eigenvalue weighted by atomic mass is 19.1. The van der Waals surface area contributed by atoms with Crippen molar-refractivity contribution < 1.29 is 9.18 Å². The predicted molar refractivity (Wildman–Crippen MR) is 100 cm³/mol. The van der Waals surface area contributed by atoms with Crippen molar-refractivity contribution in [3.8, 4) is 0 Å². The van der Waals surface area contributed by atoms with Gasteiger partial charge in [-0.1, -0.05) is 12.1 Å². The third kappa shape index (κ3) is 3.97. The van der Waals surface area contributed by atoms with E-state index in [0.29, 0.717) is 25.2 Å². The van der Waals surface area contributed by atoms with Gasteiger partial charge < -0.3 is 9.80 Å². The van der Waals surface area contributed by atoms with Gasteiger partial charge in [-0.25, -0.2) is 14.1 Å². The van der Waals surface area contributed by atoms with Gasteiger partial charge in [0.1, 0.15) is 18.5 Å². The highest BCUT2D eigenvalue weighted by Gasteiger charge is 2.22. The largest absolute Gasteiger partial charge is 0.368 e. The summed E-state index contributed by atoms with van der Waals surface area (Å²) in [6.07, 6.45) is 3.17. The Morgan fingerprint density at radius 1 is 0.963 bits per heavy atom. The van der Waals surface area contributed by atoms with E-state index < -0.39 is 0 Å². The van der Waals surface area contributed by atoms with Crippen LogP contribution in [0.3, 0.4) is 0 Å². The predicted octanol–water partition coefficient (Wildman–Crippen LogP) is 2.43. The maximum Gasteiger partial charge on any atom is 0.253 e. The molecule has 0 atom stereocenters. The van der Waals surface area contributed by atoms with Crippen molar-refractivity contribution in [1.82, 2.24) is 19.7 Å². The Kier molecular flexibility index (Phi) is 4.82. The molecule has 0 spiro atoms. The molecule has 0 radical (unpaired) electrons. The number of anilines is 1. The van der Waals surface area contributed by atoms with Crippen molar-refractivity contribution >= 4 is 11.6 Å². The monoisotopic (exact) mass is 365 g/mol. The molecule has 4 rings (SSSR count). The third-order valence-electron chi connectivity index (χ3n) is 4.77. The van der Waals surface area contributed by atoms with E-state index in [0.717, 1.165) is 24.3 Å². The second-order valence-corrected chi connectivity index (χ2v) is 6.55. The Morgan fingerprint density at radius 3 is 2.30 bits per heavy atom. The Morgan fingerprint density at radius 2 is 1.67 bits per heavy atom. The number of aromatic nitrogens is 3. The minimum atomic E-state index is -0.236. The zero-order valence-electron chi connectivity index (χ0n) is 14.8. The number of rotatable bonds is 4. The molecule has 2 aromatic carbocycles. The first-order valence-electron chi connectivity index (χ1n) is 8.90. The molecule has 3 aromatic rings. The van der Waals surface area contributed by atoms with E-state index in [1.54, 1.807) is 23.1 Å². The topological polar surface area (TPSA) is 54.3 Å². The van der Waals surface area contributed by atoms with Gasteiger partial charge in [-0.3, -0.25) is 4.79 Å². The fraction of sp³-hybridized carbons (Fsp3) is 0.250. The SMILES string of the molecule is O=C(c1ccc(Cn2cncn2)cc1)N1CCN(c2ccc(F)cc2)CC1. The molecule has 1 saturated heterocycles. The molecule has 1 amide bonds. The highest BCUT2D eigenvalue weighted by molar-refractivity contribution is 5.94. The number of hydrogen-bond acceptors (Lipinski definition) is 4. The van der Waals surface area contributed by atoms with Crippen molar-refractivity contribution in [2.75, 3.05) is 31.1 Å². The summed E-state index contributed by atoms with van der Waals surface area (Å²) in [5.74, 6) is -0.194. The molecule has 0 unspecified atom stereocenters. The number of nitrogens with zero attached hydrogens (tertiary/aromatic N) is 5. The summed E-state index contributed by atoms with van der Waals surface area (Å²) in [6, 6.07) is 14.1. The third-order valence-corrected chi connectivity index (χ3v) is 4.77. The summed E-state index contributed by atoms with van der Waals surface area (Å²) in [6.45, 7) is 3.40. The smallest absolute Gasteiger partial charge is 0.253 e. The van der Waals surface area contributed by atoms with Gasteiger partial charge in [0.2, 0.25) is 0 Å². The molecule has 1 aromatic heterocycles. The Bertz CT molecular complexity index is 885. The quantitative estimate of drug-likeness (QED) is 0.713. The van der Waals surface area contributed by atoms with Gasteiger partial charge in [-0.05, 0) is 42.0 Å². The first-order valence-corrected chi connectivity index (χ1v) is 8.90. The van der Waals surface area contributed by atoms with Crippen LogP contribution in [0, 0.1) is 5.82 Å². The number of carbonyl (C=O) groups excluding carboxylic acids is 1. The Labute approximate surface area is 156 Å². The molecule has 0 aliphatic carbocycles. The summed E-state index contributed by atoms with van der Waals surface area (Å²) in [4.78, 5) is 20.7. The average Bonchev–Trinajstić information content (AvgIpc) is 3.22. The van der Waals surface area contributed by atoms with Crippen LogP contribution in [0.5, 0.6) is 0 Å². The van der Waals surface area contributed by atoms with Gasteiger partial charge in [-0.2, -0.15) is 5.10 Å². The second kappa shape index (κ2) is 7.57. The molecule has 0 N–H and O–H groups in total. The van der Waals surface area contributed by atoms with Crippen LogP contribution in [0.25, 0.3) is 0 Å². The fourth-order valence-electron chi connectivity index (χ4n) is 3.26. The molecular formula is C20H20FN5O. The first kappa shape index (κ1) is 17.2. The second-order valence-electron chi connectivity index (χ2n) is 6.55. The van der Waals surface area contributed by atoms with Gasteiger partial charge in [0, 0.05) is 37.4 Å². The van der Waals surface area contributed by atoms with Crippen molar-refractivity contribution in [2.45, 2.75) is 6.54 Å². The minimum Gasteiger partial charge on any atom is -0.368 e. The summed E-state index contributed by atoms with van der Waals surface area (Å²) in [5, 5.41) is 4.08. The molecule has 27 heavy (non-hydrogen) atoms. The number of amides is 1. The lowest BCUT2D eigenvalue weighted by atomic mass is 10.1. The maximum absolute atomic E-state index is 13.1. The van der Waals surface area contributed by atoms with E-state index in [1.807, 2.05) is 29.2 Å². The van der Waals surface area contributed by atoms with Crippen LogP contribution >= 0.6 is 0 Å². The lowest BCUT2D eigenvalue weighted by molar-refractivity contribution is 0.0747. The normalized spacial score (nSPS) is 14.4. The van der Waals surface area contributed by atoms with Crippen LogP contribution in [-0.2, 0) is 6.54 Å². The molecule has 1 aliphatic rings. The van der Waals surface area contributed by atoms with E-state index in [4.69, 9.17) is 0 Å². The van der Waals surface area contributed by atoms with E-state index in [-0.39, 0.29) is 11.7 Å².